The third-order valence-corrected chi connectivity index (χ3v) is 13.8. The van der Waals surface area contributed by atoms with Crippen LogP contribution in [-0.2, 0) is 41.9 Å². The Morgan fingerprint density at radius 1 is 0.536 bits per heavy atom. The average molecular weight is 1160 g/mol. The van der Waals surface area contributed by atoms with E-state index in [1.807, 2.05) is 145 Å². The molecule has 0 fully saturated rings. The summed E-state index contributed by atoms with van der Waals surface area (Å²) in [5.74, 6) is -1.68. The molecule has 1 unspecified atom stereocenters. The highest BCUT2D eigenvalue weighted by Gasteiger charge is 2.28. The molecule has 4 atom stereocenters. The van der Waals surface area contributed by atoms with Crippen LogP contribution < -0.4 is 22.2 Å². The molecule has 0 spiro atoms. The van der Waals surface area contributed by atoms with Crippen LogP contribution in [0.15, 0.2) is 192 Å². The fourth-order valence-corrected chi connectivity index (χ4v) is 9.67. The molecule has 84 heavy (non-hydrogen) atoms. The maximum absolute atomic E-state index is 13.8. The van der Waals surface area contributed by atoms with E-state index in [1.165, 1.54) is 38.6 Å². The molecule has 4 aromatic heterocycles. The van der Waals surface area contributed by atoms with Crippen LogP contribution in [0.5, 0.6) is 0 Å². The molecule has 1 amide bonds. The quantitative estimate of drug-likeness (QED) is 0.0573. The molecule has 15 nitrogen and oxygen atoms in total. The first-order valence-corrected chi connectivity index (χ1v) is 27.8. The number of benzene rings is 4. The van der Waals surface area contributed by atoms with Crippen molar-refractivity contribution in [1.82, 2.24) is 24.4 Å². The summed E-state index contributed by atoms with van der Waals surface area (Å²) in [4.78, 5) is 83.0. The second kappa shape index (κ2) is 32.7. The lowest BCUT2D eigenvalue weighted by Gasteiger charge is -2.25. The van der Waals surface area contributed by atoms with Crippen molar-refractivity contribution in [2.24, 2.45) is 17.6 Å². The van der Waals surface area contributed by atoms with Gasteiger partial charge in [-0.05, 0) is 132 Å². The van der Waals surface area contributed by atoms with E-state index >= 15 is 0 Å². The van der Waals surface area contributed by atoms with Crippen molar-refractivity contribution in [2.75, 3.05) is 0 Å². The smallest absolute Gasteiger partial charge is 0.326 e. The molecule has 0 saturated carbocycles. The van der Waals surface area contributed by atoms with Crippen molar-refractivity contribution in [1.29, 1.82) is 0 Å². The Kier molecular flexibility index (Phi) is 25.7. The lowest BCUT2D eigenvalue weighted by Crippen LogP contribution is -2.40. The largest absolute Gasteiger partial charge is 0.480 e. The Morgan fingerprint density at radius 3 is 1.38 bits per heavy atom. The Hall–Kier alpha value is -8.79. The van der Waals surface area contributed by atoms with Gasteiger partial charge in [0, 0.05) is 66.5 Å². The number of esters is 2. The second-order valence-electron chi connectivity index (χ2n) is 21.4. The van der Waals surface area contributed by atoms with Crippen LogP contribution in [-0.4, -0.2) is 48.0 Å². The summed E-state index contributed by atoms with van der Waals surface area (Å²) in [5.41, 5.74) is 17.8. The number of carbonyl (C=O) groups excluding carboxylic acids is 3. The van der Waals surface area contributed by atoms with Crippen molar-refractivity contribution in [3.8, 4) is 22.3 Å². The van der Waals surface area contributed by atoms with E-state index in [0.717, 1.165) is 50.1 Å². The highest BCUT2D eigenvalue weighted by atomic mass is 35.5. The highest BCUT2D eigenvalue weighted by Crippen LogP contribution is 2.31. The molecule has 0 radical (unpaired) electrons. The normalized spacial score (nSPS) is 12.2. The van der Waals surface area contributed by atoms with Crippen molar-refractivity contribution < 1.29 is 33.8 Å². The molecule has 440 valence electrons. The molecule has 0 aliphatic heterocycles. The number of carboxylic acid groups (broad SMARTS) is 1. The van der Waals surface area contributed by atoms with Crippen molar-refractivity contribution in [3.63, 3.8) is 0 Å². The number of nitrogens with two attached hydrogens (primary N) is 1. The number of aliphatic carboxylic acids is 1. The molecule has 4 aromatic carbocycles. The van der Waals surface area contributed by atoms with Gasteiger partial charge >= 0.3 is 17.9 Å². The molecule has 8 aromatic rings. The van der Waals surface area contributed by atoms with Gasteiger partial charge in [-0.2, -0.15) is 0 Å². The fraction of sp³-hybridized carbons (Fsp3) is 0.294. The van der Waals surface area contributed by atoms with Crippen LogP contribution in [0.1, 0.15) is 122 Å². The summed E-state index contributed by atoms with van der Waals surface area (Å²) < 4.78 is 13.6. The molecule has 0 aliphatic rings. The molecular weight excluding hydrogens is 1080 g/mol. The minimum absolute atomic E-state index is 0. The first-order valence-electron chi connectivity index (χ1n) is 27.8. The molecule has 4 heterocycles. The van der Waals surface area contributed by atoms with Gasteiger partial charge in [0.15, 0.2) is 0 Å². The monoisotopic (exact) mass is 1160 g/mol. The van der Waals surface area contributed by atoms with Gasteiger partial charge in [-0.3, -0.25) is 33.9 Å². The second-order valence-corrected chi connectivity index (χ2v) is 21.4. The van der Waals surface area contributed by atoms with E-state index in [4.69, 9.17) is 20.3 Å². The molecule has 0 bridgehead atoms. The number of nitrogens with zero attached hydrogens (tertiary/aromatic N) is 4. The summed E-state index contributed by atoms with van der Waals surface area (Å²) in [6, 6.07) is 42.1. The maximum atomic E-state index is 13.8. The number of nitrogens with one attached hydrogen (secondary N) is 1. The summed E-state index contributed by atoms with van der Waals surface area (Å²) in [7, 11) is 0. The standard InChI is InChI=1S/C34H37N3O4.C23H24N2O2.C11H15NO3.ClH/c1-23(2)17-30(37-16-9-8-15-31(37)38)34(40)36-29(19-32(39)41-22-26-13-6-5-7-14-26)27-18-28(21-35-20-27)33-24(3)11-10-12-25(33)4;1-16-7-6-8-17(2)23(16)20-11-19(13-25-14-20)21(24)12-22(26)27-15-18-9-4-3-5-10-18;1-8(2)7-9(11(14)15)12-6-4-3-5-10(12)13;/h5-16,18,20-21,23,29-30H,17,19,22H2,1-4H3,(H,36,40);3-11,13-14,21H,12,15,24H2,1-2H3;3-6,8-9H,7H2,1-2H3,(H,14,15);1H/t29-,30?;21-;9-;/m000./s1. The number of hydrogen-bond acceptors (Lipinski definition) is 11. The van der Waals surface area contributed by atoms with Crippen LogP contribution in [0.25, 0.3) is 22.3 Å². The number of amides is 1. The minimum Gasteiger partial charge on any atom is -0.480 e. The van der Waals surface area contributed by atoms with E-state index in [2.05, 4.69) is 41.3 Å². The third kappa shape index (κ3) is 19.7. The van der Waals surface area contributed by atoms with Gasteiger partial charge in [0.05, 0.1) is 18.9 Å². The number of pyridine rings is 4. The van der Waals surface area contributed by atoms with Gasteiger partial charge in [-0.1, -0.05) is 137 Å². The van der Waals surface area contributed by atoms with Gasteiger partial charge in [0.1, 0.15) is 25.3 Å². The van der Waals surface area contributed by atoms with Crippen LogP contribution in [0.4, 0.5) is 0 Å². The summed E-state index contributed by atoms with van der Waals surface area (Å²) in [6.45, 7) is 16.5. The Labute approximate surface area is 498 Å². The number of ether oxygens (including phenoxy) is 2. The summed E-state index contributed by atoms with van der Waals surface area (Å²) in [5, 5.41) is 12.1. The number of aryl methyl sites for hydroxylation is 4. The van der Waals surface area contributed by atoms with Crippen LogP contribution in [0.2, 0.25) is 0 Å². The first-order chi connectivity index (χ1) is 39.8. The van der Waals surface area contributed by atoms with Crippen LogP contribution in [0.3, 0.4) is 0 Å². The average Bonchev–Trinajstić information content (AvgIpc) is 3.11. The van der Waals surface area contributed by atoms with E-state index < -0.39 is 36.1 Å². The van der Waals surface area contributed by atoms with E-state index in [-0.39, 0.29) is 73.3 Å². The molecule has 4 N–H and O–H groups in total. The van der Waals surface area contributed by atoms with Crippen molar-refractivity contribution in [2.45, 2.75) is 118 Å². The number of hydrogen-bond donors (Lipinski definition) is 3. The van der Waals surface area contributed by atoms with E-state index in [0.29, 0.717) is 18.4 Å². The number of carbonyl (C=O) groups is 4. The van der Waals surface area contributed by atoms with Crippen molar-refractivity contribution >= 4 is 36.2 Å². The maximum Gasteiger partial charge on any atom is 0.326 e. The molecule has 0 aliphatic carbocycles. The number of aromatic nitrogens is 4. The lowest BCUT2D eigenvalue weighted by atomic mass is 9.94. The number of halogens is 1. The number of carboxylic acids is 1. The lowest BCUT2D eigenvalue weighted by molar-refractivity contribution is -0.146. The predicted molar refractivity (Wildman–Crippen MR) is 331 cm³/mol. The van der Waals surface area contributed by atoms with Crippen LogP contribution >= 0.6 is 12.4 Å². The third-order valence-electron chi connectivity index (χ3n) is 13.8. The SMILES string of the molecule is CC(C)C[C@@H](C(=O)O)n1ccccc1=O.Cc1cccc(C)c1-c1cncc([C@@H](N)CC(=O)OCc2ccccc2)c1.Cc1cccc(C)c1-c1cncc([C@H](CC(=O)OCc2ccccc2)NC(=O)C(CC(C)C)n2ccccc2=O)c1.Cl. The summed E-state index contributed by atoms with van der Waals surface area (Å²) in [6.07, 6.45) is 11.1. The fourth-order valence-electron chi connectivity index (χ4n) is 9.67. The zero-order chi connectivity index (χ0) is 60.0. The van der Waals surface area contributed by atoms with Gasteiger partial charge in [-0.25, -0.2) is 4.79 Å². The molecule has 16 heteroatoms. The number of rotatable bonds is 21. The van der Waals surface area contributed by atoms with Gasteiger partial charge in [0.2, 0.25) is 5.91 Å². The Morgan fingerprint density at radius 2 is 0.940 bits per heavy atom. The molecule has 8 rings (SSSR count). The molecular formula is C68H77ClN6O9. The minimum atomic E-state index is -0.961. The van der Waals surface area contributed by atoms with E-state index in [9.17, 15) is 28.8 Å². The highest BCUT2D eigenvalue weighted by molar-refractivity contribution is 5.85. The zero-order valence-electron chi connectivity index (χ0n) is 49.0. The topological polar surface area (TPSA) is 215 Å². The Bertz CT molecular complexity index is 3510. The first kappa shape index (κ1) is 66.0. The predicted octanol–water partition coefficient (Wildman–Crippen LogP) is 12.5. The van der Waals surface area contributed by atoms with Gasteiger partial charge in [-0.15, -0.1) is 12.4 Å². The van der Waals surface area contributed by atoms with Gasteiger partial charge < -0.3 is 34.8 Å². The summed E-state index contributed by atoms with van der Waals surface area (Å²) >= 11 is 0. The van der Waals surface area contributed by atoms with Crippen molar-refractivity contribution in [3.05, 3.63) is 248 Å². The van der Waals surface area contributed by atoms with Crippen LogP contribution in [0, 0.1) is 39.5 Å². The Balaban J connectivity index is 0.000000257. The van der Waals surface area contributed by atoms with Gasteiger partial charge in [0.25, 0.3) is 11.1 Å². The zero-order valence-corrected chi connectivity index (χ0v) is 49.8. The molecule has 0 saturated heterocycles. The van der Waals surface area contributed by atoms with E-state index in [1.54, 1.807) is 49.1 Å².